The second kappa shape index (κ2) is 7.83. The molecule has 2 heterocycles. The first kappa shape index (κ1) is 16.3. The van der Waals surface area contributed by atoms with Crippen molar-refractivity contribution in [3.05, 3.63) is 90.0 Å². The average Bonchev–Trinajstić information content (AvgIpc) is 2.68. The van der Waals surface area contributed by atoms with E-state index in [1.54, 1.807) is 54.9 Å². The molecule has 0 saturated carbocycles. The van der Waals surface area contributed by atoms with Crippen molar-refractivity contribution in [1.29, 1.82) is 0 Å². The van der Waals surface area contributed by atoms with Crippen LogP contribution in [-0.4, -0.2) is 21.8 Å². The highest BCUT2D eigenvalue weighted by atomic mass is 16.2. The number of benzene rings is 1. The summed E-state index contributed by atoms with van der Waals surface area (Å²) in [5.41, 5.74) is 2.09. The quantitative estimate of drug-likeness (QED) is 0.752. The van der Waals surface area contributed by atoms with Gasteiger partial charge in [0.1, 0.15) is 11.4 Å². The van der Waals surface area contributed by atoms with Crippen LogP contribution in [0.2, 0.25) is 0 Å². The van der Waals surface area contributed by atoms with E-state index in [1.165, 1.54) is 0 Å². The van der Waals surface area contributed by atoms with Gasteiger partial charge in [0, 0.05) is 24.6 Å². The second-order valence-corrected chi connectivity index (χ2v) is 5.22. The fraction of sp³-hybridized carbons (Fsp3) is 0.0526. The highest BCUT2D eigenvalue weighted by Gasteiger charge is 2.11. The third kappa shape index (κ3) is 4.26. The van der Waals surface area contributed by atoms with Gasteiger partial charge in [0.05, 0.1) is 0 Å². The molecule has 0 atom stereocenters. The van der Waals surface area contributed by atoms with Crippen molar-refractivity contribution >= 4 is 17.5 Å². The van der Waals surface area contributed by atoms with E-state index >= 15 is 0 Å². The standard InChI is InChI=1S/C19H16N4O2/c24-18(16-9-3-5-11-20-16)22-13-14-7-1-2-8-15(14)23-19(25)17-10-4-6-12-21-17/h1-12H,13H2,(H,22,24)(H,23,25). The number of nitrogens with zero attached hydrogens (tertiary/aromatic N) is 2. The Balaban J connectivity index is 1.69. The maximum absolute atomic E-state index is 12.3. The highest BCUT2D eigenvalue weighted by Crippen LogP contribution is 2.16. The van der Waals surface area contributed by atoms with Crippen LogP contribution in [0.1, 0.15) is 26.5 Å². The number of nitrogens with one attached hydrogen (secondary N) is 2. The lowest BCUT2D eigenvalue weighted by molar-refractivity contribution is 0.0945. The van der Waals surface area contributed by atoms with E-state index in [0.717, 1.165) is 5.56 Å². The van der Waals surface area contributed by atoms with E-state index < -0.39 is 0 Å². The number of carbonyl (C=O) groups excluding carboxylic acids is 2. The molecule has 0 bridgehead atoms. The molecule has 0 aliphatic heterocycles. The summed E-state index contributed by atoms with van der Waals surface area (Å²) in [4.78, 5) is 32.4. The van der Waals surface area contributed by atoms with Crippen LogP contribution < -0.4 is 10.6 Å². The molecular formula is C19H16N4O2. The predicted molar refractivity (Wildman–Crippen MR) is 94.0 cm³/mol. The summed E-state index contributed by atoms with van der Waals surface area (Å²) < 4.78 is 0. The minimum atomic E-state index is -0.302. The Kier molecular flexibility index (Phi) is 5.11. The van der Waals surface area contributed by atoms with Gasteiger partial charge >= 0.3 is 0 Å². The molecule has 3 rings (SSSR count). The van der Waals surface area contributed by atoms with Crippen molar-refractivity contribution in [2.45, 2.75) is 6.54 Å². The minimum absolute atomic E-state index is 0.272. The Morgan fingerprint density at radius 3 is 2.00 bits per heavy atom. The van der Waals surface area contributed by atoms with Crippen LogP contribution in [0, 0.1) is 0 Å². The second-order valence-electron chi connectivity index (χ2n) is 5.22. The fourth-order valence-electron chi connectivity index (χ4n) is 2.24. The monoisotopic (exact) mass is 332 g/mol. The molecule has 2 amide bonds. The van der Waals surface area contributed by atoms with E-state index in [9.17, 15) is 9.59 Å². The summed E-state index contributed by atoms with van der Waals surface area (Å²) in [6.07, 6.45) is 3.13. The molecule has 6 nitrogen and oxygen atoms in total. The average molecular weight is 332 g/mol. The molecule has 2 N–H and O–H groups in total. The molecular weight excluding hydrogens is 316 g/mol. The van der Waals surface area contributed by atoms with Crippen LogP contribution >= 0.6 is 0 Å². The molecule has 1 aromatic carbocycles. The molecule has 0 spiro atoms. The van der Waals surface area contributed by atoms with Crippen molar-refractivity contribution in [3.8, 4) is 0 Å². The largest absolute Gasteiger partial charge is 0.347 e. The molecule has 6 heteroatoms. The zero-order valence-electron chi connectivity index (χ0n) is 13.3. The first-order valence-corrected chi connectivity index (χ1v) is 7.73. The number of anilines is 1. The molecule has 25 heavy (non-hydrogen) atoms. The van der Waals surface area contributed by atoms with Crippen LogP contribution in [0.4, 0.5) is 5.69 Å². The van der Waals surface area contributed by atoms with Gasteiger partial charge in [0.15, 0.2) is 0 Å². The normalized spacial score (nSPS) is 10.1. The van der Waals surface area contributed by atoms with Crippen LogP contribution in [0.3, 0.4) is 0 Å². The van der Waals surface area contributed by atoms with Gasteiger partial charge in [-0.15, -0.1) is 0 Å². The molecule has 124 valence electrons. The third-order valence-electron chi connectivity index (χ3n) is 3.50. The van der Waals surface area contributed by atoms with Gasteiger partial charge in [0.2, 0.25) is 0 Å². The fourth-order valence-corrected chi connectivity index (χ4v) is 2.24. The molecule has 2 aromatic heterocycles. The Morgan fingerprint density at radius 1 is 0.760 bits per heavy atom. The lowest BCUT2D eigenvalue weighted by Crippen LogP contribution is -2.24. The molecule has 0 unspecified atom stereocenters. The van der Waals surface area contributed by atoms with Crippen molar-refractivity contribution < 1.29 is 9.59 Å². The predicted octanol–water partition coefficient (Wildman–Crippen LogP) is 2.66. The zero-order chi connectivity index (χ0) is 17.5. The maximum Gasteiger partial charge on any atom is 0.274 e. The maximum atomic E-state index is 12.3. The zero-order valence-corrected chi connectivity index (χ0v) is 13.3. The van der Waals surface area contributed by atoms with Gasteiger partial charge in [-0.05, 0) is 35.9 Å². The first-order chi connectivity index (χ1) is 12.2. The Hall–Kier alpha value is -3.54. The van der Waals surface area contributed by atoms with Gasteiger partial charge in [-0.1, -0.05) is 30.3 Å². The minimum Gasteiger partial charge on any atom is -0.347 e. The summed E-state index contributed by atoms with van der Waals surface area (Å²) in [6, 6.07) is 17.6. The summed E-state index contributed by atoms with van der Waals surface area (Å²) in [6.45, 7) is 0.272. The van der Waals surface area contributed by atoms with Gasteiger partial charge in [0.25, 0.3) is 11.8 Å². The summed E-state index contributed by atoms with van der Waals surface area (Å²) in [5, 5.41) is 5.62. The lowest BCUT2D eigenvalue weighted by Gasteiger charge is -2.11. The summed E-state index contributed by atoms with van der Waals surface area (Å²) >= 11 is 0. The van der Waals surface area contributed by atoms with E-state index in [0.29, 0.717) is 17.1 Å². The number of amides is 2. The number of pyridine rings is 2. The molecule has 3 aromatic rings. The summed E-state index contributed by atoms with van der Waals surface area (Å²) in [7, 11) is 0. The van der Waals surface area contributed by atoms with Crippen LogP contribution in [0.15, 0.2) is 73.1 Å². The first-order valence-electron chi connectivity index (χ1n) is 7.73. The van der Waals surface area contributed by atoms with Gasteiger partial charge < -0.3 is 10.6 Å². The molecule has 0 aliphatic rings. The highest BCUT2D eigenvalue weighted by molar-refractivity contribution is 6.03. The Bertz CT molecular complexity index is 867. The molecule has 0 fully saturated rings. The molecule has 0 radical (unpaired) electrons. The molecule has 0 aliphatic carbocycles. The smallest absolute Gasteiger partial charge is 0.274 e. The van der Waals surface area contributed by atoms with E-state index in [4.69, 9.17) is 0 Å². The SMILES string of the molecule is O=C(NCc1ccccc1NC(=O)c1ccccn1)c1ccccn1. The molecule has 0 saturated heterocycles. The third-order valence-corrected chi connectivity index (χ3v) is 3.50. The van der Waals surface area contributed by atoms with Crippen molar-refractivity contribution in [3.63, 3.8) is 0 Å². The van der Waals surface area contributed by atoms with E-state index in [-0.39, 0.29) is 18.4 Å². The summed E-state index contributed by atoms with van der Waals surface area (Å²) in [5.74, 6) is -0.574. The number of aromatic nitrogens is 2. The van der Waals surface area contributed by atoms with Crippen LogP contribution in [-0.2, 0) is 6.54 Å². The van der Waals surface area contributed by atoms with Crippen molar-refractivity contribution in [1.82, 2.24) is 15.3 Å². The number of rotatable bonds is 5. The number of hydrogen-bond acceptors (Lipinski definition) is 4. The Labute approximate surface area is 145 Å². The van der Waals surface area contributed by atoms with E-state index in [1.807, 2.05) is 18.2 Å². The van der Waals surface area contributed by atoms with Crippen LogP contribution in [0.25, 0.3) is 0 Å². The van der Waals surface area contributed by atoms with Gasteiger partial charge in [-0.2, -0.15) is 0 Å². The van der Waals surface area contributed by atoms with Crippen LogP contribution in [0.5, 0.6) is 0 Å². The van der Waals surface area contributed by atoms with Crippen molar-refractivity contribution in [2.24, 2.45) is 0 Å². The topological polar surface area (TPSA) is 84.0 Å². The number of hydrogen-bond donors (Lipinski definition) is 2. The van der Waals surface area contributed by atoms with Crippen molar-refractivity contribution in [2.75, 3.05) is 5.32 Å². The Morgan fingerprint density at radius 2 is 1.36 bits per heavy atom. The lowest BCUT2D eigenvalue weighted by atomic mass is 10.1. The van der Waals surface area contributed by atoms with E-state index in [2.05, 4.69) is 20.6 Å². The number of carbonyl (C=O) groups is 2. The van der Waals surface area contributed by atoms with Gasteiger partial charge in [-0.3, -0.25) is 19.6 Å². The van der Waals surface area contributed by atoms with Gasteiger partial charge in [-0.25, -0.2) is 0 Å². The number of para-hydroxylation sites is 1.